The predicted molar refractivity (Wildman–Crippen MR) is 97.6 cm³/mol. The van der Waals surface area contributed by atoms with Crippen molar-refractivity contribution in [3.63, 3.8) is 0 Å². The van der Waals surface area contributed by atoms with Crippen molar-refractivity contribution in [1.29, 1.82) is 0 Å². The van der Waals surface area contributed by atoms with E-state index in [0.29, 0.717) is 5.54 Å². The van der Waals surface area contributed by atoms with Gasteiger partial charge in [0.1, 0.15) is 0 Å². The van der Waals surface area contributed by atoms with Gasteiger partial charge in [0, 0.05) is 5.54 Å². The van der Waals surface area contributed by atoms with E-state index in [-0.39, 0.29) is 0 Å². The summed E-state index contributed by atoms with van der Waals surface area (Å²) in [5, 5.41) is 4.03. The zero-order valence-electron chi connectivity index (χ0n) is 14.8. The van der Waals surface area contributed by atoms with Gasteiger partial charge in [-0.25, -0.2) is 0 Å². The SMILES string of the molecule is CC1CNC2(CC3CCCCC3)CCC(c3ccccc3)C1C2. The molecule has 1 heterocycles. The number of hydrogen-bond donors (Lipinski definition) is 1. The van der Waals surface area contributed by atoms with Crippen molar-refractivity contribution in [1.82, 2.24) is 5.32 Å². The summed E-state index contributed by atoms with van der Waals surface area (Å²) in [5.74, 6) is 3.50. The minimum absolute atomic E-state index is 0.477. The largest absolute Gasteiger partial charge is 0.311 e. The van der Waals surface area contributed by atoms with Crippen molar-refractivity contribution in [3.05, 3.63) is 35.9 Å². The lowest BCUT2D eigenvalue weighted by atomic mass is 9.59. The van der Waals surface area contributed by atoms with Gasteiger partial charge in [-0.3, -0.25) is 0 Å². The highest BCUT2D eigenvalue weighted by molar-refractivity contribution is 5.23. The average molecular weight is 312 g/mol. The van der Waals surface area contributed by atoms with E-state index in [1.54, 1.807) is 5.56 Å². The Balaban J connectivity index is 1.50. The van der Waals surface area contributed by atoms with E-state index in [0.717, 1.165) is 23.7 Å². The summed E-state index contributed by atoms with van der Waals surface area (Å²) in [7, 11) is 0. The first kappa shape index (κ1) is 15.7. The van der Waals surface area contributed by atoms with Crippen LogP contribution in [0.3, 0.4) is 0 Å². The Bertz CT molecular complexity index is 504. The monoisotopic (exact) mass is 311 g/mol. The third-order valence-electron chi connectivity index (χ3n) is 7.24. The molecule has 23 heavy (non-hydrogen) atoms. The highest BCUT2D eigenvalue weighted by Crippen LogP contribution is 2.50. The Hall–Kier alpha value is -0.820. The van der Waals surface area contributed by atoms with Crippen molar-refractivity contribution in [2.24, 2.45) is 17.8 Å². The first-order chi connectivity index (χ1) is 11.3. The van der Waals surface area contributed by atoms with Crippen molar-refractivity contribution in [2.45, 2.75) is 76.2 Å². The zero-order chi connectivity index (χ0) is 15.7. The zero-order valence-corrected chi connectivity index (χ0v) is 14.8. The molecule has 1 N–H and O–H groups in total. The van der Waals surface area contributed by atoms with Gasteiger partial charge in [-0.05, 0) is 61.5 Å². The number of hydrogen-bond acceptors (Lipinski definition) is 1. The minimum Gasteiger partial charge on any atom is -0.311 e. The van der Waals surface area contributed by atoms with Crippen molar-refractivity contribution >= 4 is 0 Å². The topological polar surface area (TPSA) is 12.0 Å². The molecule has 4 rings (SSSR count). The van der Waals surface area contributed by atoms with Crippen LogP contribution in [-0.2, 0) is 0 Å². The van der Waals surface area contributed by atoms with Gasteiger partial charge in [-0.1, -0.05) is 69.4 Å². The Kier molecular flexibility index (Phi) is 4.50. The molecule has 3 aliphatic rings. The Morgan fingerprint density at radius 1 is 1.04 bits per heavy atom. The van der Waals surface area contributed by atoms with Crippen LogP contribution in [0.15, 0.2) is 30.3 Å². The van der Waals surface area contributed by atoms with E-state index in [4.69, 9.17) is 0 Å². The maximum atomic E-state index is 4.03. The summed E-state index contributed by atoms with van der Waals surface area (Å²) in [5.41, 5.74) is 2.07. The summed E-state index contributed by atoms with van der Waals surface area (Å²) in [6.07, 6.45) is 13.1. The Morgan fingerprint density at radius 3 is 2.61 bits per heavy atom. The van der Waals surface area contributed by atoms with Crippen LogP contribution >= 0.6 is 0 Å². The molecule has 1 aromatic rings. The van der Waals surface area contributed by atoms with Crippen LogP contribution in [0.1, 0.15) is 76.2 Å². The van der Waals surface area contributed by atoms with E-state index in [9.17, 15) is 0 Å². The molecule has 0 amide bonds. The lowest BCUT2D eigenvalue weighted by Gasteiger charge is -2.53. The van der Waals surface area contributed by atoms with E-state index in [2.05, 4.69) is 42.6 Å². The third kappa shape index (κ3) is 3.22. The summed E-state index contributed by atoms with van der Waals surface area (Å²) in [6, 6.07) is 11.3. The first-order valence-electron chi connectivity index (χ1n) is 10.1. The number of fused-ring (bicyclic) bond motifs is 2. The summed E-state index contributed by atoms with van der Waals surface area (Å²) in [4.78, 5) is 0. The second kappa shape index (κ2) is 6.59. The second-order valence-electron chi connectivity index (χ2n) is 8.77. The van der Waals surface area contributed by atoms with Crippen LogP contribution in [0.4, 0.5) is 0 Å². The molecule has 1 heteroatoms. The fourth-order valence-electron chi connectivity index (χ4n) is 5.94. The molecule has 1 nitrogen and oxygen atoms in total. The van der Waals surface area contributed by atoms with Gasteiger partial charge in [-0.2, -0.15) is 0 Å². The molecule has 3 fully saturated rings. The van der Waals surface area contributed by atoms with E-state index >= 15 is 0 Å². The first-order valence-corrected chi connectivity index (χ1v) is 10.1. The number of benzene rings is 1. The summed E-state index contributed by atoms with van der Waals surface area (Å²) >= 11 is 0. The predicted octanol–water partition coefficient (Wildman–Crippen LogP) is 5.52. The Morgan fingerprint density at radius 2 is 1.83 bits per heavy atom. The molecular weight excluding hydrogens is 278 g/mol. The van der Waals surface area contributed by atoms with E-state index in [1.165, 1.54) is 64.3 Å². The molecular formula is C22H33N. The van der Waals surface area contributed by atoms with Gasteiger partial charge in [0.25, 0.3) is 0 Å². The van der Waals surface area contributed by atoms with Crippen LogP contribution in [0, 0.1) is 17.8 Å². The molecule has 1 aromatic carbocycles. The fourth-order valence-corrected chi connectivity index (χ4v) is 5.94. The molecule has 1 aliphatic heterocycles. The van der Waals surface area contributed by atoms with Crippen LogP contribution < -0.4 is 5.32 Å². The maximum absolute atomic E-state index is 4.03. The molecule has 4 atom stereocenters. The number of rotatable bonds is 3. The third-order valence-corrected chi connectivity index (χ3v) is 7.24. The van der Waals surface area contributed by atoms with Gasteiger partial charge in [0.05, 0.1) is 0 Å². The second-order valence-corrected chi connectivity index (χ2v) is 8.77. The lowest BCUT2D eigenvalue weighted by Crippen LogP contribution is -2.58. The molecule has 2 saturated carbocycles. The number of piperidine rings is 1. The molecule has 0 spiro atoms. The molecule has 126 valence electrons. The molecule has 2 bridgehead atoms. The standard InChI is InChI=1S/C22H33N/c1-17-16-23-22(14-18-8-4-2-5-9-18)13-12-20(21(17)15-22)19-10-6-3-7-11-19/h3,6-7,10-11,17-18,20-21,23H,2,4-5,8-9,12-16H2,1H3. The van der Waals surface area contributed by atoms with Gasteiger partial charge in [-0.15, -0.1) is 0 Å². The lowest BCUT2D eigenvalue weighted by molar-refractivity contribution is 0.0465. The van der Waals surface area contributed by atoms with Gasteiger partial charge < -0.3 is 5.32 Å². The molecule has 0 aromatic heterocycles. The van der Waals surface area contributed by atoms with Gasteiger partial charge >= 0.3 is 0 Å². The summed E-state index contributed by atoms with van der Waals surface area (Å²) in [6.45, 7) is 3.71. The average Bonchev–Trinajstić information content (AvgIpc) is 2.61. The molecule has 0 radical (unpaired) electrons. The van der Waals surface area contributed by atoms with Crippen LogP contribution in [-0.4, -0.2) is 12.1 Å². The molecule has 4 unspecified atom stereocenters. The van der Waals surface area contributed by atoms with Crippen molar-refractivity contribution in [2.75, 3.05) is 6.54 Å². The molecule has 1 saturated heterocycles. The normalized spacial score (nSPS) is 38.4. The van der Waals surface area contributed by atoms with Crippen LogP contribution in [0.25, 0.3) is 0 Å². The van der Waals surface area contributed by atoms with Crippen LogP contribution in [0.2, 0.25) is 0 Å². The fraction of sp³-hybridized carbons (Fsp3) is 0.727. The summed E-state index contributed by atoms with van der Waals surface area (Å²) < 4.78 is 0. The highest BCUT2D eigenvalue weighted by atomic mass is 15.0. The smallest absolute Gasteiger partial charge is 0.0187 e. The van der Waals surface area contributed by atoms with Crippen LogP contribution in [0.5, 0.6) is 0 Å². The van der Waals surface area contributed by atoms with Crippen molar-refractivity contribution < 1.29 is 0 Å². The Labute approximate surface area is 142 Å². The van der Waals surface area contributed by atoms with E-state index in [1.807, 2.05) is 0 Å². The number of nitrogens with one attached hydrogen (secondary N) is 1. The van der Waals surface area contributed by atoms with Gasteiger partial charge in [0.15, 0.2) is 0 Å². The maximum Gasteiger partial charge on any atom is 0.0187 e. The van der Waals surface area contributed by atoms with Gasteiger partial charge in [0.2, 0.25) is 0 Å². The van der Waals surface area contributed by atoms with E-state index < -0.39 is 0 Å². The van der Waals surface area contributed by atoms with Crippen molar-refractivity contribution in [3.8, 4) is 0 Å². The minimum atomic E-state index is 0.477. The molecule has 2 aliphatic carbocycles. The highest BCUT2D eigenvalue weighted by Gasteiger charge is 2.47. The quantitative estimate of drug-likeness (QED) is 0.775.